The first-order valence-electron chi connectivity index (χ1n) is 5.75. The number of nitro groups is 2. The molecule has 1 aromatic rings. The molecule has 0 aliphatic heterocycles. The average Bonchev–Trinajstić information content (AvgIpc) is 2.42. The predicted octanol–water partition coefficient (Wildman–Crippen LogP) is 0.905. The van der Waals surface area contributed by atoms with Gasteiger partial charge in [0.1, 0.15) is 5.69 Å². The van der Waals surface area contributed by atoms with E-state index in [-0.39, 0.29) is 23.7 Å². The van der Waals surface area contributed by atoms with Crippen LogP contribution in [0.15, 0.2) is 18.2 Å². The molecule has 2 amide bonds. The smallest absolute Gasteiger partial charge is 0.336 e. The minimum Gasteiger partial charge on any atom is -0.379 e. The highest BCUT2D eigenvalue weighted by atomic mass is 16.7. The summed E-state index contributed by atoms with van der Waals surface area (Å²) in [6.45, 7) is 0.454. The van der Waals surface area contributed by atoms with Crippen LogP contribution in [0.1, 0.15) is 6.42 Å². The molecule has 1 aromatic carbocycles. The highest BCUT2D eigenvalue weighted by molar-refractivity contribution is 5.70. The van der Waals surface area contributed by atoms with E-state index in [0.29, 0.717) is 13.0 Å². The molecule has 0 radical (unpaired) electrons. The molecule has 0 saturated carbocycles. The zero-order valence-corrected chi connectivity index (χ0v) is 10.8. The van der Waals surface area contributed by atoms with Gasteiger partial charge in [-0.25, -0.2) is 10.3 Å². The van der Waals surface area contributed by atoms with Crippen LogP contribution in [0.25, 0.3) is 0 Å². The molecule has 0 unspecified atom stereocenters. The summed E-state index contributed by atoms with van der Waals surface area (Å²) in [4.78, 5) is 35.0. The van der Waals surface area contributed by atoms with Gasteiger partial charge in [-0.1, -0.05) is 0 Å². The van der Waals surface area contributed by atoms with Crippen LogP contribution in [0.3, 0.4) is 0 Å². The largest absolute Gasteiger partial charge is 0.379 e. The fourth-order valence-electron chi connectivity index (χ4n) is 1.42. The number of hydroxylamine groups is 1. The number of non-ortho nitro benzene ring substituents is 1. The van der Waals surface area contributed by atoms with E-state index in [9.17, 15) is 25.0 Å². The Morgan fingerprint density at radius 3 is 2.57 bits per heavy atom. The molecular formula is C10H13N5O6. The standard InChI is InChI=1S/C10H13N5O6/c11-10(16)13-21-5-1-4-12-8-3-2-7(14(17)18)6-9(8)15(19)20/h2-3,6,12H,1,4-5H2,(H3,11,13,16). The number of urea groups is 1. The van der Waals surface area contributed by atoms with E-state index in [0.717, 1.165) is 6.07 Å². The summed E-state index contributed by atoms with van der Waals surface area (Å²) in [6.07, 6.45) is 0.425. The quantitative estimate of drug-likeness (QED) is 0.364. The Labute approximate surface area is 118 Å². The van der Waals surface area contributed by atoms with Crippen molar-refractivity contribution >= 4 is 23.1 Å². The second-order valence-corrected chi connectivity index (χ2v) is 3.81. The number of rotatable bonds is 8. The molecule has 0 atom stereocenters. The lowest BCUT2D eigenvalue weighted by atomic mass is 10.2. The van der Waals surface area contributed by atoms with Gasteiger partial charge in [0.2, 0.25) is 0 Å². The van der Waals surface area contributed by atoms with Crippen LogP contribution in [0.4, 0.5) is 21.9 Å². The third-order valence-electron chi connectivity index (χ3n) is 2.30. The van der Waals surface area contributed by atoms with Crippen molar-refractivity contribution in [2.45, 2.75) is 6.42 Å². The van der Waals surface area contributed by atoms with Crippen molar-refractivity contribution in [1.29, 1.82) is 0 Å². The molecule has 0 saturated heterocycles. The van der Waals surface area contributed by atoms with Gasteiger partial charge in [0, 0.05) is 12.6 Å². The topological polar surface area (TPSA) is 163 Å². The first-order valence-corrected chi connectivity index (χ1v) is 5.75. The van der Waals surface area contributed by atoms with Crippen molar-refractivity contribution < 1.29 is 19.5 Å². The summed E-state index contributed by atoms with van der Waals surface area (Å²) in [5.41, 5.74) is 6.10. The van der Waals surface area contributed by atoms with Crippen LogP contribution >= 0.6 is 0 Å². The van der Waals surface area contributed by atoms with Gasteiger partial charge in [0.05, 0.1) is 22.5 Å². The van der Waals surface area contributed by atoms with Crippen LogP contribution in [0, 0.1) is 20.2 Å². The van der Waals surface area contributed by atoms with Gasteiger partial charge in [-0.2, -0.15) is 0 Å². The van der Waals surface area contributed by atoms with E-state index in [1.165, 1.54) is 12.1 Å². The van der Waals surface area contributed by atoms with E-state index in [4.69, 9.17) is 5.73 Å². The molecule has 0 aliphatic rings. The molecule has 0 aromatic heterocycles. The van der Waals surface area contributed by atoms with Crippen LogP contribution in [-0.4, -0.2) is 29.0 Å². The number of carbonyl (C=O) groups excluding carboxylic acids is 1. The number of benzene rings is 1. The van der Waals surface area contributed by atoms with Crippen molar-refractivity contribution in [3.63, 3.8) is 0 Å². The fraction of sp³-hybridized carbons (Fsp3) is 0.300. The van der Waals surface area contributed by atoms with Crippen molar-refractivity contribution in [1.82, 2.24) is 5.48 Å². The van der Waals surface area contributed by atoms with Crippen LogP contribution < -0.4 is 16.5 Å². The lowest BCUT2D eigenvalue weighted by Crippen LogP contribution is -2.30. The molecule has 0 bridgehead atoms. The van der Waals surface area contributed by atoms with E-state index in [1.807, 2.05) is 5.48 Å². The summed E-state index contributed by atoms with van der Waals surface area (Å²) >= 11 is 0. The SMILES string of the molecule is NC(=O)NOCCCNc1ccc([N+](=O)[O-])cc1[N+](=O)[O-]. The molecular weight excluding hydrogens is 286 g/mol. The highest BCUT2D eigenvalue weighted by Crippen LogP contribution is 2.28. The molecule has 0 spiro atoms. The van der Waals surface area contributed by atoms with Crippen molar-refractivity contribution in [3.8, 4) is 0 Å². The van der Waals surface area contributed by atoms with Gasteiger partial charge in [0.25, 0.3) is 11.4 Å². The summed E-state index contributed by atoms with van der Waals surface area (Å²) in [5.74, 6) is 0. The molecule has 11 nitrogen and oxygen atoms in total. The molecule has 4 N–H and O–H groups in total. The fourth-order valence-corrected chi connectivity index (χ4v) is 1.42. The molecule has 1 rings (SSSR count). The highest BCUT2D eigenvalue weighted by Gasteiger charge is 2.18. The van der Waals surface area contributed by atoms with E-state index < -0.39 is 15.9 Å². The number of primary amides is 1. The van der Waals surface area contributed by atoms with E-state index in [2.05, 4.69) is 10.2 Å². The lowest BCUT2D eigenvalue weighted by Gasteiger charge is -2.07. The lowest BCUT2D eigenvalue weighted by molar-refractivity contribution is -0.393. The van der Waals surface area contributed by atoms with Gasteiger partial charge in [-0.05, 0) is 12.5 Å². The number of hydrogen-bond acceptors (Lipinski definition) is 7. The predicted molar refractivity (Wildman–Crippen MR) is 71.5 cm³/mol. The number of nitrogens with two attached hydrogens (primary N) is 1. The number of nitrogens with one attached hydrogen (secondary N) is 2. The van der Waals surface area contributed by atoms with Gasteiger partial charge in [-0.3, -0.25) is 25.1 Å². The Bertz CT molecular complexity index is 549. The third-order valence-corrected chi connectivity index (χ3v) is 2.30. The third kappa shape index (κ3) is 5.28. The molecule has 0 fully saturated rings. The number of carbonyl (C=O) groups is 1. The monoisotopic (exact) mass is 299 g/mol. The maximum Gasteiger partial charge on any atom is 0.336 e. The number of amides is 2. The summed E-state index contributed by atoms with van der Waals surface area (Å²) < 4.78 is 0. The van der Waals surface area contributed by atoms with Gasteiger partial charge in [0.15, 0.2) is 0 Å². The van der Waals surface area contributed by atoms with E-state index in [1.54, 1.807) is 0 Å². The number of nitrogens with zero attached hydrogens (tertiary/aromatic N) is 2. The van der Waals surface area contributed by atoms with Crippen molar-refractivity contribution in [2.24, 2.45) is 5.73 Å². The maximum atomic E-state index is 10.9. The molecule has 114 valence electrons. The second kappa shape index (κ2) is 7.59. The first-order chi connectivity index (χ1) is 9.91. The Morgan fingerprint density at radius 1 is 1.29 bits per heavy atom. The van der Waals surface area contributed by atoms with Gasteiger partial charge >= 0.3 is 6.03 Å². The van der Waals surface area contributed by atoms with Crippen molar-refractivity contribution in [2.75, 3.05) is 18.5 Å². The first kappa shape index (κ1) is 16.1. The molecule has 0 heterocycles. The summed E-state index contributed by atoms with van der Waals surface area (Å²) in [6, 6.07) is 2.49. The van der Waals surface area contributed by atoms with E-state index >= 15 is 0 Å². The van der Waals surface area contributed by atoms with Crippen LogP contribution in [0.5, 0.6) is 0 Å². The number of hydrogen-bond donors (Lipinski definition) is 3. The minimum atomic E-state index is -0.825. The normalized spacial score (nSPS) is 9.90. The van der Waals surface area contributed by atoms with Crippen LogP contribution in [0.2, 0.25) is 0 Å². The molecule has 0 aliphatic carbocycles. The Hall–Kier alpha value is -2.95. The Kier molecular flexibility index (Phi) is 5.82. The van der Waals surface area contributed by atoms with Gasteiger partial charge < -0.3 is 11.1 Å². The van der Waals surface area contributed by atoms with Crippen LogP contribution in [-0.2, 0) is 4.84 Å². The summed E-state index contributed by atoms with van der Waals surface area (Å²) in [5, 5.41) is 24.2. The number of anilines is 1. The number of nitro benzene ring substituents is 2. The maximum absolute atomic E-state index is 10.9. The Morgan fingerprint density at radius 2 is 2.00 bits per heavy atom. The zero-order valence-electron chi connectivity index (χ0n) is 10.8. The Balaban J connectivity index is 2.56. The zero-order chi connectivity index (χ0) is 15.8. The molecule has 11 heteroatoms. The summed E-state index contributed by atoms with van der Waals surface area (Å²) in [7, 11) is 0. The average molecular weight is 299 g/mol. The molecule has 21 heavy (non-hydrogen) atoms. The minimum absolute atomic E-state index is 0.150. The van der Waals surface area contributed by atoms with Gasteiger partial charge in [-0.15, -0.1) is 0 Å². The van der Waals surface area contributed by atoms with Crippen molar-refractivity contribution in [3.05, 3.63) is 38.4 Å². The second-order valence-electron chi connectivity index (χ2n) is 3.81.